The zero-order chi connectivity index (χ0) is 0. The van der Waals surface area contributed by atoms with Crippen LogP contribution in [0.1, 0.15) is 0 Å². The summed E-state index contributed by atoms with van der Waals surface area (Å²) in [6.07, 6.45) is 0. The van der Waals surface area contributed by atoms with Crippen LogP contribution in [-0.2, 0) is 115 Å². The molecule has 24 valence electrons. The van der Waals surface area contributed by atoms with Gasteiger partial charge in [-0.2, -0.15) is 0 Å². The van der Waals surface area contributed by atoms with E-state index in [9.17, 15) is 0 Å². The summed E-state index contributed by atoms with van der Waals surface area (Å²) < 4.78 is 0. The Kier molecular flexibility index (Phi) is 362. The van der Waals surface area contributed by atoms with Crippen molar-refractivity contribution < 1.29 is 74.1 Å². The fourth-order valence-electron chi connectivity index (χ4n) is 0. The normalized spacial score (nSPS) is 0. The topological polar surface area (TPSA) is 0 Å². The molecule has 0 amide bonds. The van der Waals surface area contributed by atoms with Gasteiger partial charge in [-0.05, 0) is 0 Å². The summed E-state index contributed by atoms with van der Waals surface area (Å²) in [6.45, 7) is 0. The van der Waals surface area contributed by atoms with Crippen molar-refractivity contribution in [3.05, 3.63) is 0 Å². The molecule has 0 fully saturated rings. The molecule has 0 saturated heterocycles. The molecule has 0 aliphatic rings. The smallest absolute Gasteiger partial charge is 2.00 e. The van der Waals surface area contributed by atoms with Gasteiger partial charge in [0.2, 0.25) is 0 Å². The van der Waals surface area contributed by atoms with Crippen molar-refractivity contribution in [2.45, 2.75) is 0 Å². The number of hydrogen-bond donors (Lipinski definition) is 0. The fourth-order valence-corrected chi connectivity index (χ4v) is 0. The second-order valence-corrected chi connectivity index (χ2v) is 0. The second-order valence-electron chi connectivity index (χ2n) is 0. The van der Waals surface area contributed by atoms with Crippen molar-refractivity contribution in [2.75, 3.05) is 0 Å². The Morgan fingerprint density at radius 3 is 0.500 bits per heavy atom. The molecule has 0 nitrogen and oxygen atoms in total. The Balaban J connectivity index is 0. The molecule has 0 aromatic carbocycles. The Morgan fingerprint density at radius 2 is 0.500 bits per heavy atom. The maximum atomic E-state index is 0. The Morgan fingerprint density at radius 1 is 0.500 bits per heavy atom. The summed E-state index contributed by atoms with van der Waals surface area (Å²) >= 11 is 0. The van der Waals surface area contributed by atoms with Crippen molar-refractivity contribution in [1.82, 2.24) is 0 Å². The molecule has 0 aromatic heterocycles. The summed E-state index contributed by atoms with van der Waals surface area (Å²) in [5, 5.41) is 0. The average Bonchev–Trinajstić information content (AvgIpc) is 0. The molecule has 0 aromatic rings. The molecule has 0 rings (SSSR count). The monoisotopic (exact) mass is 388 g/mol. The van der Waals surface area contributed by atoms with Crippen LogP contribution in [0.5, 0.6) is 0 Å². The minimum absolute atomic E-state index is 0. The first-order chi connectivity index (χ1) is 0. The third kappa shape index (κ3) is 25.8. The minimum Gasteiger partial charge on any atom is -2.00 e. The van der Waals surface area contributed by atoms with Crippen LogP contribution in [0.25, 0.3) is 0 Å². The minimum atomic E-state index is 0. The predicted molar refractivity (Wildman–Crippen MR) is 22.1 cm³/mol. The molecule has 0 aliphatic carbocycles. The average molecular weight is 386 g/mol. The molecule has 0 spiro atoms. The molecular formula is Cd2S3Zn. The quantitative estimate of drug-likeness (QED) is 0.514. The SMILES string of the molecule is [Cd+2].[Cd+2].[S-2].[S-2].[S-2].[Zn+2]. The van der Waals surface area contributed by atoms with Crippen molar-refractivity contribution in [1.29, 1.82) is 0 Å². The second kappa shape index (κ2) is 38.9. The van der Waals surface area contributed by atoms with Crippen LogP contribution < -0.4 is 0 Å². The number of hydrogen-bond acceptors (Lipinski definition) is 0. The van der Waals surface area contributed by atoms with Crippen LogP contribution in [0, 0.1) is 0 Å². The van der Waals surface area contributed by atoms with Crippen LogP contribution in [0.15, 0.2) is 0 Å². The van der Waals surface area contributed by atoms with E-state index in [4.69, 9.17) is 0 Å². The Bertz CT molecular complexity index is 8.75. The Hall–Kier alpha value is 3.52. The maximum Gasteiger partial charge on any atom is 2.00 e. The molecule has 0 N–H and O–H groups in total. The molecule has 0 saturated carbocycles. The van der Waals surface area contributed by atoms with E-state index >= 15 is 0 Å². The Labute approximate surface area is 112 Å². The summed E-state index contributed by atoms with van der Waals surface area (Å²) in [5.74, 6) is 0. The van der Waals surface area contributed by atoms with E-state index < -0.39 is 0 Å². The molecule has 6 heteroatoms. The van der Waals surface area contributed by atoms with Gasteiger partial charge in [-0.25, -0.2) is 0 Å². The zero-order valence-electron chi connectivity index (χ0n) is 3.35. The molecule has 6 heavy (non-hydrogen) atoms. The number of rotatable bonds is 0. The van der Waals surface area contributed by atoms with Crippen molar-refractivity contribution in [2.24, 2.45) is 0 Å². The van der Waals surface area contributed by atoms with E-state index in [1.54, 1.807) is 0 Å². The van der Waals surface area contributed by atoms with Crippen LogP contribution in [0.2, 0.25) is 0 Å². The van der Waals surface area contributed by atoms with E-state index in [0.717, 1.165) is 0 Å². The first-order valence-corrected chi connectivity index (χ1v) is 0. The van der Waals surface area contributed by atoms with Gasteiger partial charge in [0.15, 0.2) is 0 Å². The van der Waals surface area contributed by atoms with Crippen LogP contribution in [0.4, 0.5) is 0 Å². The molecule has 0 unspecified atom stereocenters. The summed E-state index contributed by atoms with van der Waals surface area (Å²) in [7, 11) is 0. The van der Waals surface area contributed by atoms with E-state index in [-0.39, 0.29) is 115 Å². The van der Waals surface area contributed by atoms with Crippen molar-refractivity contribution >= 4 is 40.5 Å². The van der Waals surface area contributed by atoms with Gasteiger partial charge in [-0.3, -0.25) is 0 Å². The summed E-state index contributed by atoms with van der Waals surface area (Å²) in [6, 6.07) is 0. The first kappa shape index (κ1) is 55.8. The van der Waals surface area contributed by atoms with Gasteiger partial charge in [0.05, 0.1) is 0 Å². The van der Waals surface area contributed by atoms with E-state index in [1.807, 2.05) is 0 Å². The predicted octanol–water partition coefficient (Wildman–Crippen LogP) is -0.0147. The third-order valence-electron chi connectivity index (χ3n) is 0. The largest absolute Gasteiger partial charge is 2.00 e. The van der Waals surface area contributed by atoms with Gasteiger partial charge in [0.25, 0.3) is 0 Å². The molecule has 0 bridgehead atoms. The molecule has 0 heterocycles. The summed E-state index contributed by atoms with van der Waals surface area (Å²) in [5.41, 5.74) is 0. The fraction of sp³-hybridized carbons (Fsp3) is 0. The third-order valence-corrected chi connectivity index (χ3v) is 0. The molecule has 0 radical (unpaired) electrons. The van der Waals surface area contributed by atoms with Crippen LogP contribution in [0.3, 0.4) is 0 Å². The van der Waals surface area contributed by atoms with Crippen LogP contribution >= 0.6 is 0 Å². The van der Waals surface area contributed by atoms with Gasteiger partial charge < -0.3 is 40.5 Å². The van der Waals surface area contributed by atoms with E-state index in [2.05, 4.69) is 0 Å². The van der Waals surface area contributed by atoms with Crippen LogP contribution in [-0.4, -0.2) is 0 Å². The standard InChI is InChI=1S/2Cd.3S.Zn/q2*+2;3*-2;+2. The van der Waals surface area contributed by atoms with E-state index in [1.165, 1.54) is 0 Å². The van der Waals surface area contributed by atoms with E-state index in [0.29, 0.717) is 0 Å². The van der Waals surface area contributed by atoms with Gasteiger partial charge in [-0.15, -0.1) is 0 Å². The maximum absolute atomic E-state index is 0. The molecular weight excluding hydrogens is 386 g/mol. The molecule has 0 atom stereocenters. The van der Waals surface area contributed by atoms with Crippen molar-refractivity contribution in [3.63, 3.8) is 0 Å². The summed E-state index contributed by atoms with van der Waals surface area (Å²) in [4.78, 5) is 0. The van der Waals surface area contributed by atoms with Gasteiger partial charge in [-0.1, -0.05) is 0 Å². The van der Waals surface area contributed by atoms with Gasteiger partial charge in [0, 0.05) is 0 Å². The first-order valence-electron chi connectivity index (χ1n) is 0. The molecule has 0 aliphatic heterocycles. The van der Waals surface area contributed by atoms with Gasteiger partial charge in [0.1, 0.15) is 0 Å². The zero-order valence-corrected chi connectivity index (χ0v) is 16.8. The van der Waals surface area contributed by atoms with Crippen molar-refractivity contribution in [3.8, 4) is 0 Å². The van der Waals surface area contributed by atoms with Gasteiger partial charge >= 0.3 is 74.1 Å².